The number of furan rings is 1. The van der Waals surface area contributed by atoms with Crippen molar-refractivity contribution in [2.45, 2.75) is 10.9 Å². The summed E-state index contributed by atoms with van der Waals surface area (Å²) in [6.45, 7) is 0.518. The maximum absolute atomic E-state index is 12.3. The Morgan fingerprint density at radius 1 is 1.29 bits per heavy atom. The van der Waals surface area contributed by atoms with Crippen LogP contribution in [0.4, 0.5) is 10.8 Å². The summed E-state index contributed by atoms with van der Waals surface area (Å²) in [5.74, 6) is 0.791. The van der Waals surface area contributed by atoms with Gasteiger partial charge in [0.25, 0.3) is 0 Å². The summed E-state index contributed by atoms with van der Waals surface area (Å²) in [5.41, 5.74) is 1.56. The molecule has 0 unspecified atom stereocenters. The van der Waals surface area contributed by atoms with E-state index < -0.39 is 0 Å². The Morgan fingerprint density at radius 3 is 2.89 bits per heavy atom. The summed E-state index contributed by atoms with van der Waals surface area (Å²) in [5, 5.41) is 14.7. The van der Waals surface area contributed by atoms with E-state index in [1.165, 1.54) is 23.1 Å². The van der Waals surface area contributed by atoms with Gasteiger partial charge in [-0.05, 0) is 40.2 Å². The lowest BCUT2D eigenvalue weighted by Gasteiger charge is -2.06. The number of anilines is 2. The first-order valence-electron chi connectivity index (χ1n) is 8.01. The molecule has 1 aromatic carbocycles. The van der Waals surface area contributed by atoms with Gasteiger partial charge in [-0.1, -0.05) is 23.1 Å². The van der Waals surface area contributed by atoms with Crippen LogP contribution < -0.4 is 16.3 Å². The highest BCUT2D eigenvalue weighted by Crippen LogP contribution is 2.28. The van der Waals surface area contributed by atoms with Crippen molar-refractivity contribution < 1.29 is 9.21 Å². The quantitative estimate of drug-likeness (QED) is 0.298. The highest BCUT2D eigenvalue weighted by molar-refractivity contribution is 9.10. The molecule has 0 fully saturated rings. The number of imidazole rings is 1. The standard InChI is InChI=1S/C16H13BrN6O3S2/c17-9-4-11-12(21-14(25)20-11)5-10(9)19-13(24)7-27-16-23-22-15(28-16)18-6-8-2-1-3-26-8/h1-5H,6-7H2,(H,18,22)(H,19,24)(H2,20,21,25). The van der Waals surface area contributed by atoms with E-state index in [1.54, 1.807) is 18.4 Å². The number of nitrogens with one attached hydrogen (secondary N) is 4. The largest absolute Gasteiger partial charge is 0.467 e. The molecule has 4 aromatic rings. The molecule has 4 rings (SSSR count). The molecule has 9 nitrogen and oxygen atoms in total. The first-order valence-corrected chi connectivity index (χ1v) is 10.6. The Kier molecular flexibility index (Phi) is 5.50. The van der Waals surface area contributed by atoms with Gasteiger partial charge in [0.05, 0.1) is 35.3 Å². The summed E-state index contributed by atoms with van der Waals surface area (Å²) >= 11 is 6.06. The number of nitrogens with zero attached hydrogens (tertiary/aromatic N) is 2. The molecule has 0 bridgehead atoms. The van der Waals surface area contributed by atoms with Crippen molar-refractivity contribution in [3.63, 3.8) is 0 Å². The van der Waals surface area contributed by atoms with Crippen molar-refractivity contribution in [1.29, 1.82) is 0 Å². The molecule has 3 heterocycles. The zero-order valence-electron chi connectivity index (χ0n) is 14.1. The molecule has 144 valence electrons. The van der Waals surface area contributed by atoms with E-state index in [-0.39, 0.29) is 17.3 Å². The third-order valence-corrected chi connectivity index (χ3v) is 6.28. The van der Waals surface area contributed by atoms with Gasteiger partial charge in [-0.25, -0.2) is 4.79 Å². The number of halogens is 1. The van der Waals surface area contributed by atoms with E-state index in [9.17, 15) is 9.59 Å². The van der Waals surface area contributed by atoms with Crippen molar-refractivity contribution in [2.75, 3.05) is 16.4 Å². The number of aromatic nitrogens is 4. The normalized spacial score (nSPS) is 11.0. The first kappa shape index (κ1) is 18.8. The van der Waals surface area contributed by atoms with Gasteiger partial charge < -0.3 is 25.0 Å². The second kappa shape index (κ2) is 8.20. The zero-order valence-corrected chi connectivity index (χ0v) is 17.3. The molecular formula is C16H13BrN6O3S2. The number of benzene rings is 1. The van der Waals surface area contributed by atoms with E-state index in [1.807, 2.05) is 12.1 Å². The third kappa shape index (κ3) is 4.46. The number of rotatable bonds is 7. The van der Waals surface area contributed by atoms with Crippen LogP contribution in [-0.2, 0) is 11.3 Å². The topological polar surface area (TPSA) is 129 Å². The van der Waals surface area contributed by atoms with Gasteiger partial charge in [0.15, 0.2) is 4.34 Å². The second-order valence-corrected chi connectivity index (χ2v) is 8.65. The van der Waals surface area contributed by atoms with Crippen LogP contribution >= 0.6 is 39.0 Å². The van der Waals surface area contributed by atoms with Crippen LogP contribution in [0.25, 0.3) is 11.0 Å². The highest BCUT2D eigenvalue weighted by Gasteiger charge is 2.11. The molecule has 0 saturated heterocycles. The van der Waals surface area contributed by atoms with Gasteiger partial charge in [-0.2, -0.15) is 0 Å². The predicted octanol–water partition coefficient (Wildman–Crippen LogP) is 3.41. The Labute approximate surface area is 174 Å². The summed E-state index contributed by atoms with van der Waals surface area (Å²) in [4.78, 5) is 29.0. The van der Waals surface area contributed by atoms with Gasteiger partial charge in [0.1, 0.15) is 5.76 Å². The van der Waals surface area contributed by atoms with E-state index in [2.05, 4.69) is 46.7 Å². The number of carbonyl (C=O) groups is 1. The zero-order chi connectivity index (χ0) is 19.5. The number of hydrogen-bond donors (Lipinski definition) is 4. The van der Waals surface area contributed by atoms with Gasteiger partial charge in [0, 0.05) is 4.47 Å². The molecule has 0 aliphatic rings. The van der Waals surface area contributed by atoms with Crippen molar-refractivity contribution >= 4 is 66.8 Å². The minimum atomic E-state index is -0.298. The van der Waals surface area contributed by atoms with Crippen LogP contribution in [-0.4, -0.2) is 31.8 Å². The van der Waals surface area contributed by atoms with Crippen molar-refractivity contribution in [3.05, 3.63) is 51.2 Å². The lowest BCUT2D eigenvalue weighted by molar-refractivity contribution is -0.113. The molecule has 0 saturated carbocycles. The molecule has 12 heteroatoms. The van der Waals surface area contributed by atoms with Crippen LogP contribution in [0.5, 0.6) is 0 Å². The van der Waals surface area contributed by atoms with Crippen molar-refractivity contribution in [3.8, 4) is 0 Å². The first-order chi connectivity index (χ1) is 13.6. The molecule has 1 amide bonds. The Bertz CT molecular complexity index is 1170. The lowest BCUT2D eigenvalue weighted by Crippen LogP contribution is -2.14. The second-order valence-electron chi connectivity index (χ2n) is 5.60. The number of hydrogen-bond acceptors (Lipinski definition) is 8. The molecule has 0 radical (unpaired) electrons. The molecular weight excluding hydrogens is 468 g/mol. The molecule has 0 aliphatic carbocycles. The van der Waals surface area contributed by atoms with Gasteiger partial charge in [-0.3, -0.25) is 4.79 Å². The van der Waals surface area contributed by atoms with E-state index in [4.69, 9.17) is 4.42 Å². The monoisotopic (exact) mass is 480 g/mol. The number of fused-ring (bicyclic) bond motifs is 1. The van der Waals surface area contributed by atoms with Gasteiger partial charge in [-0.15, -0.1) is 10.2 Å². The Hall–Kier alpha value is -2.57. The predicted molar refractivity (Wildman–Crippen MR) is 112 cm³/mol. The SMILES string of the molecule is O=C(CSc1nnc(NCc2ccco2)s1)Nc1cc2[nH]c(=O)[nH]c2cc1Br. The van der Waals surface area contributed by atoms with Gasteiger partial charge >= 0.3 is 5.69 Å². The van der Waals surface area contributed by atoms with Crippen LogP contribution in [0.1, 0.15) is 5.76 Å². The van der Waals surface area contributed by atoms with E-state index >= 15 is 0 Å². The Morgan fingerprint density at radius 2 is 2.11 bits per heavy atom. The molecule has 3 aromatic heterocycles. The highest BCUT2D eigenvalue weighted by atomic mass is 79.9. The number of carbonyl (C=O) groups excluding carboxylic acids is 1. The van der Waals surface area contributed by atoms with Crippen LogP contribution in [0.2, 0.25) is 0 Å². The van der Waals surface area contributed by atoms with Crippen molar-refractivity contribution in [1.82, 2.24) is 20.2 Å². The van der Waals surface area contributed by atoms with Gasteiger partial charge in [0.2, 0.25) is 11.0 Å². The molecule has 28 heavy (non-hydrogen) atoms. The smallest absolute Gasteiger partial charge is 0.323 e. The lowest BCUT2D eigenvalue weighted by atomic mass is 10.3. The average molecular weight is 481 g/mol. The fraction of sp³-hybridized carbons (Fsp3) is 0.125. The van der Waals surface area contributed by atoms with Crippen LogP contribution in [0, 0.1) is 0 Å². The molecule has 0 aliphatic heterocycles. The van der Waals surface area contributed by atoms with Crippen LogP contribution in [0.15, 0.2) is 48.6 Å². The minimum absolute atomic E-state index is 0.181. The number of H-pyrrole nitrogens is 2. The van der Waals surface area contributed by atoms with E-state index in [0.29, 0.717) is 37.2 Å². The summed E-state index contributed by atoms with van der Waals surface area (Å²) in [6, 6.07) is 7.12. The summed E-state index contributed by atoms with van der Waals surface area (Å²) in [6.07, 6.45) is 1.61. The summed E-state index contributed by atoms with van der Waals surface area (Å²) in [7, 11) is 0. The maximum Gasteiger partial charge on any atom is 0.323 e. The third-order valence-electron chi connectivity index (χ3n) is 3.60. The Balaban J connectivity index is 1.32. The van der Waals surface area contributed by atoms with Crippen LogP contribution in [0.3, 0.4) is 0 Å². The maximum atomic E-state index is 12.3. The summed E-state index contributed by atoms with van der Waals surface area (Å²) < 4.78 is 6.60. The number of aromatic amines is 2. The van der Waals surface area contributed by atoms with E-state index in [0.717, 1.165) is 5.76 Å². The molecule has 0 spiro atoms. The fourth-order valence-corrected chi connectivity index (χ4v) is 4.37. The average Bonchev–Trinajstić information content (AvgIpc) is 3.39. The number of thioether (sulfide) groups is 1. The van der Waals surface area contributed by atoms with Crippen molar-refractivity contribution in [2.24, 2.45) is 0 Å². The molecule has 0 atom stereocenters. The number of amides is 1. The minimum Gasteiger partial charge on any atom is -0.467 e. The fourth-order valence-electron chi connectivity index (χ4n) is 2.38. The molecule has 4 N–H and O–H groups in total.